The van der Waals surface area contributed by atoms with Crippen LogP contribution in [0.3, 0.4) is 0 Å². The van der Waals surface area contributed by atoms with E-state index in [1.54, 1.807) is 11.0 Å². The first-order valence-electron chi connectivity index (χ1n) is 11.2. The number of rotatable bonds is 7. The third-order valence-electron chi connectivity index (χ3n) is 5.58. The van der Waals surface area contributed by atoms with Crippen molar-refractivity contribution in [3.63, 3.8) is 0 Å². The summed E-state index contributed by atoms with van der Waals surface area (Å²) < 4.78 is 11.5. The van der Waals surface area contributed by atoms with E-state index in [2.05, 4.69) is 4.99 Å². The molecule has 0 saturated carbocycles. The summed E-state index contributed by atoms with van der Waals surface area (Å²) in [4.78, 5) is 18.6. The van der Waals surface area contributed by atoms with Gasteiger partial charge >= 0.3 is 0 Å². The number of hydrogen-bond acceptors (Lipinski definition) is 5. The van der Waals surface area contributed by atoms with Gasteiger partial charge in [0, 0.05) is 5.41 Å². The Kier molecular flexibility index (Phi) is 6.50. The molecule has 5 rings (SSSR count). The van der Waals surface area contributed by atoms with E-state index in [4.69, 9.17) is 14.9 Å². The van der Waals surface area contributed by atoms with Gasteiger partial charge in [-0.1, -0.05) is 72.4 Å². The third-order valence-corrected chi connectivity index (χ3v) is 6.40. The standard InChI is InChI=1S/C28H23N3O3S/c1-19-7-5-6-10-25(19)34-16-15-33-22-13-11-20(12-14-22)17-23-26(29)31-24(21-8-3-2-4-9-21)18-35-28(31)30-27(23)32/h2-14,17-18,29H,15-16H2,1H3. The number of fused-ring (bicyclic) bond motifs is 1. The van der Waals surface area contributed by atoms with Crippen LogP contribution in [-0.4, -0.2) is 35.0 Å². The highest BCUT2D eigenvalue weighted by atomic mass is 32.2. The third kappa shape index (κ3) is 4.90. The van der Waals surface area contributed by atoms with Crippen molar-refractivity contribution in [2.24, 2.45) is 4.99 Å². The lowest BCUT2D eigenvalue weighted by Crippen LogP contribution is -2.38. The highest BCUT2D eigenvalue weighted by Gasteiger charge is 2.36. The van der Waals surface area contributed by atoms with Crippen molar-refractivity contribution < 1.29 is 14.3 Å². The highest BCUT2D eigenvalue weighted by Crippen LogP contribution is 2.37. The summed E-state index contributed by atoms with van der Waals surface area (Å²) in [5, 5.41) is 11.2. The number of aliphatic imine (C=N–C) groups is 1. The summed E-state index contributed by atoms with van der Waals surface area (Å²) in [6.07, 6.45) is 1.70. The molecule has 1 N–H and O–H groups in total. The molecule has 0 bridgehead atoms. The fraction of sp³-hybridized carbons (Fsp3) is 0.107. The number of amides is 1. The zero-order valence-corrected chi connectivity index (χ0v) is 19.9. The minimum atomic E-state index is -0.412. The molecule has 0 radical (unpaired) electrons. The monoisotopic (exact) mass is 481 g/mol. The fourth-order valence-electron chi connectivity index (χ4n) is 3.77. The molecule has 3 aromatic rings. The molecule has 0 fully saturated rings. The molecule has 0 aliphatic carbocycles. The van der Waals surface area contributed by atoms with E-state index >= 15 is 0 Å². The molecule has 2 heterocycles. The van der Waals surface area contributed by atoms with E-state index < -0.39 is 5.91 Å². The van der Waals surface area contributed by atoms with Crippen molar-refractivity contribution in [2.45, 2.75) is 6.92 Å². The van der Waals surface area contributed by atoms with E-state index in [0.717, 1.165) is 28.1 Å². The van der Waals surface area contributed by atoms with Crippen molar-refractivity contribution in [3.8, 4) is 11.5 Å². The minimum absolute atomic E-state index is 0.119. The minimum Gasteiger partial charge on any atom is -0.490 e. The number of para-hydroxylation sites is 1. The van der Waals surface area contributed by atoms with Gasteiger partial charge in [-0.25, -0.2) is 0 Å². The maximum Gasteiger partial charge on any atom is 0.283 e. The van der Waals surface area contributed by atoms with Gasteiger partial charge in [-0.05, 0) is 47.9 Å². The Morgan fingerprint density at radius 1 is 0.943 bits per heavy atom. The normalized spacial score (nSPS) is 16.1. The Morgan fingerprint density at radius 2 is 1.66 bits per heavy atom. The first kappa shape index (κ1) is 22.7. The molecule has 6 nitrogen and oxygen atoms in total. The number of hydrogen-bond donors (Lipinski definition) is 1. The predicted molar refractivity (Wildman–Crippen MR) is 141 cm³/mol. The Hall–Kier alpha value is -4.10. The molecule has 7 heteroatoms. The molecule has 2 aliphatic heterocycles. The lowest BCUT2D eigenvalue weighted by molar-refractivity contribution is -0.114. The fourth-order valence-corrected chi connectivity index (χ4v) is 4.66. The summed E-state index contributed by atoms with van der Waals surface area (Å²) in [6.45, 7) is 2.86. The van der Waals surface area contributed by atoms with Crippen molar-refractivity contribution in [1.82, 2.24) is 4.90 Å². The van der Waals surface area contributed by atoms with Crippen LogP contribution >= 0.6 is 11.8 Å². The van der Waals surface area contributed by atoms with Crippen LogP contribution in [0.5, 0.6) is 11.5 Å². The zero-order chi connectivity index (χ0) is 24.2. The van der Waals surface area contributed by atoms with Gasteiger partial charge < -0.3 is 9.47 Å². The first-order chi connectivity index (χ1) is 17.1. The number of carbonyl (C=O) groups excluding carboxylic acids is 1. The largest absolute Gasteiger partial charge is 0.490 e. The molecule has 0 spiro atoms. The first-order valence-corrected chi connectivity index (χ1v) is 12.1. The molecular weight excluding hydrogens is 458 g/mol. The van der Waals surface area contributed by atoms with Gasteiger partial charge in [0.25, 0.3) is 5.91 Å². The number of thioether (sulfide) groups is 1. The second-order valence-corrected chi connectivity index (χ2v) is 8.80. The molecule has 0 saturated heterocycles. The summed E-state index contributed by atoms with van der Waals surface area (Å²) in [7, 11) is 0. The van der Waals surface area contributed by atoms with Crippen molar-refractivity contribution in [1.29, 1.82) is 5.41 Å². The lowest BCUT2D eigenvalue weighted by atomic mass is 10.1. The van der Waals surface area contributed by atoms with E-state index in [0.29, 0.717) is 24.1 Å². The maximum atomic E-state index is 12.7. The van der Waals surface area contributed by atoms with Gasteiger partial charge in [0.05, 0.1) is 11.3 Å². The Labute approximate surface area is 208 Å². The van der Waals surface area contributed by atoms with Crippen LogP contribution in [-0.2, 0) is 4.79 Å². The van der Waals surface area contributed by atoms with Crippen LogP contribution in [0.15, 0.2) is 94.8 Å². The predicted octanol–water partition coefficient (Wildman–Crippen LogP) is 5.76. The second-order valence-electron chi connectivity index (χ2n) is 7.96. The Balaban J connectivity index is 1.25. The summed E-state index contributed by atoms with van der Waals surface area (Å²) >= 11 is 1.35. The van der Waals surface area contributed by atoms with Crippen LogP contribution in [0.2, 0.25) is 0 Å². The number of benzene rings is 3. The average Bonchev–Trinajstić information content (AvgIpc) is 3.31. The number of nitrogens with one attached hydrogen (secondary N) is 1. The number of aryl methyl sites for hydroxylation is 1. The van der Waals surface area contributed by atoms with Crippen LogP contribution in [0.25, 0.3) is 11.8 Å². The lowest BCUT2D eigenvalue weighted by Gasteiger charge is -2.26. The average molecular weight is 482 g/mol. The molecule has 0 unspecified atom stereocenters. The van der Waals surface area contributed by atoms with Gasteiger partial charge in [-0.3, -0.25) is 15.1 Å². The Bertz CT molecular complexity index is 1360. The van der Waals surface area contributed by atoms with Gasteiger partial charge in [0.1, 0.15) is 30.5 Å². The Morgan fingerprint density at radius 3 is 2.43 bits per heavy atom. The number of ether oxygens (including phenoxy) is 2. The van der Waals surface area contributed by atoms with Crippen molar-refractivity contribution in [3.05, 3.63) is 107 Å². The molecule has 174 valence electrons. The molecule has 0 aromatic heterocycles. The molecule has 1 amide bonds. The quantitative estimate of drug-likeness (QED) is 0.343. The smallest absolute Gasteiger partial charge is 0.283 e. The maximum absolute atomic E-state index is 12.7. The number of carbonyl (C=O) groups is 1. The molecular formula is C28H23N3O3S. The van der Waals surface area contributed by atoms with Crippen molar-refractivity contribution in [2.75, 3.05) is 13.2 Å². The zero-order valence-electron chi connectivity index (χ0n) is 19.1. The van der Waals surface area contributed by atoms with E-state index in [-0.39, 0.29) is 11.4 Å². The number of nitrogens with zero attached hydrogens (tertiary/aromatic N) is 2. The van der Waals surface area contributed by atoms with Gasteiger partial charge in [-0.2, -0.15) is 4.99 Å². The van der Waals surface area contributed by atoms with Crippen molar-refractivity contribution >= 4 is 40.4 Å². The van der Waals surface area contributed by atoms with Gasteiger partial charge in [0.15, 0.2) is 5.17 Å². The van der Waals surface area contributed by atoms with Gasteiger partial charge in [-0.15, -0.1) is 0 Å². The molecule has 3 aromatic carbocycles. The van der Waals surface area contributed by atoms with Gasteiger partial charge in [0.2, 0.25) is 0 Å². The van der Waals surface area contributed by atoms with Crippen LogP contribution < -0.4 is 9.47 Å². The van der Waals surface area contributed by atoms with Crippen LogP contribution in [0.4, 0.5) is 0 Å². The summed E-state index contributed by atoms with van der Waals surface area (Å²) in [5.74, 6) is 1.26. The molecule has 35 heavy (non-hydrogen) atoms. The van der Waals surface area contributed by atoms with Crippen LogP contribution in [0, 0.1) is 12.3 Å². The number of amidine groups is 2. The van der Waals surface area contributed by atoms with E-state index in [1.165, 1.54) is 11.8 Å². The topological polar surface area (TPSA) is 75.0 Å². The van der Waals surface area contributed by atoms with Crippen LogP contribution in [0.1, 0.15) is 16.7 Å². The summed E-state index contributed by atoms with van der Waals surface area (Å²) in [6, 6.07) is 25.1. The second kappa shape index (κ2) is 10.0. The summed E-state index contributed by atoms with van der Waals surface area (Å²) in [5.41, 5.74) is 3.93. The van der Waals surface area contributed by atoms with E-state index in [1.807, 2.05) is 91.2 Å². The highest BCUT2D eigenvalue weighted by molar-refractivity contribution is 8.17. The SMILES string of the molecule is Cc1ccccc1OCCOc1ccc(C=C2C(=N)N3C(c4ccccc4)=CSC3=NC2=O)cc1. The molecule has 2 aliphatic rings. The molecule has 0 atom stereocenters. The van der Waals surface area contributed by atoms with E-state index in [9.17, 15) is 4.79 Å².